The van der Waals surface area contributed by atoms with Crippen molar-refractivity contribution in [3.05, 3.63) is 112 Å². The van der Waals surface area contributed by atoms with E-state index < -0.39 is 127 Å². The molecule has 10 unspecified atom stereocenters. The Kier molecular flexibility index (Phi) is 20.9. The molecule has 5 aliphatic heterocycles. The van der Waals surface area contributed by atoms with Gasteiger partial charge in [0.15, 0.2) is 18.1 Å². The maximum Gasteiger partial charge on any atom is 0.358 e. The number of methoxy groups -OCH3 is 1. The number of hydrogen-bond donors (Lipinski definition) is 10. The number of fused-ring (bicyclic) bond motifs is 16. The third-order valence-electron chi connectivity index (χ3n) is 17.8. The molecule has 5 aliphatic rings. The van der Waals surface area contributed by atoms with E-state index in [1.165, 1.54) is 54.6 Å². The van der Waals surface area contributed by atoms with Crippen LogP contribution in [-0.2, 0) is 56.0 Å². The molecule has 10 N–H and O–H groups in total. The molecule has 33 nitrogen and oxygen atoms in total. The fraction of sp³-hybridized carbons (Fsp3) is 0.422. The van der Waals surface area contributed by atoms with Gasteiger partial charge in [0, 0.05) is 76.0 Å². The average Bonchev–Trinajstić information content (AvgIpc) is 1.59. The first-order chi connectivity index (χ1) is 49.0. The number of allylic oxidation sites excluding steroid dienone is 1. The molecule has 0 radical (unpaired) electrons. The highest BCUT2D eigenvalue weighted by Gasteiger charge is 2.54. The first-order valence-corrected chi connectivity index (χ1v) is 36.3. The van der Waals surface area contributed by atoms with Gasteiger partial charge in [-0.15, -0.1) is 56.7 Å². The number of nitrogens with one attached hydrogen (secondary N) is 5. The highest BCUT2D eigenvalue weighted by molar-refractivity contribution is 7.14. The van der Waals surface area contributed by atoms with Crippen molar-refractivity contribution < 1.29 is 92.4 Å². The molecule has 13 rings (SSSR count). The molecule has 8 aromatic rings. The van der Waals surface area contributed by atoms with Crippen LogP contribution in [0.2, 0.25) is 0 Å². The van der Waals surface area contributed by atoms with Crippen LogP contribution in [0.15, 0.2) is 56.9 Å². The number of cyclic esters (lactones) is 2. The van der Waals surface area contributed by atoms with Crippen LogP contribution in [0.25, 0.3) is 49.3 Å². The average molecular weight is 1500 g/mol. The Bertz CT molecular complexity index is 4600. The van der Waals surface area contributed by atoms with Gasteiger partial charge in [0.05, 0.1) is 63.0 Å². The van der Waals surface area contributed by atoms with Gasteiger partial charge in [0.2, 0.25) is 5.91 Å². The second-order valence-electron chi connectivity index (χ2n) is 24.6. The van der Waals surface area contributed by atoms with Gasteiger partial charge in [-0.05, 0) is 52.4 Å². The van der Waals surface area contributed by atoms with Gasteiger partial charge in [-0.2, -0.15) is 4.73 Å². The van der Waals surface area contributed by atoms with E-state index in [0.717, 1.165) is 56.7 Å². The Morgan fingerprint density at radius 1 is 0.833 bits per heavy atom. The number of pyridine rings is 1. The van der Waals surface area contributed by atoms with Crippen molar-refractivity contribution in [2.45, 2.75) is 108 Å². The number of thiazole rings is 5. The molecular formula is C64H68N14O19S5. The smallest absolute Gasteiger partial charge is 0.358 e. The van der Waals surface area contributed by atoms with Crippen LogP contribution < -0.4 is 26.6 Å². The monoisotopic (exact) mass is 1500 g/mol. The summed E-state index contributed by atoms with van der Waals surface area (Å²) in [6.07, 6.45) is -6.74. The zero-order valence-electron chi connectivity index (χ0n) is 55.2. The van der Waals surface area contributed by atoms with Crippen LogP contribution >= 0.6 is 56.7 Å². The maximum absolute atomic E-state index is 15.2. The van der Waals surface area contributed by atoms with Crippen LogP contribution in [0.5, 0.6) is 5.75 Å². The summed E-state index contributed by atoms with van der Waals surface area (Å²) in [6, 6.07) is 1.19. The van der Waals surface area contributed by atoms with E-state index in [0.29, 0.717) is 16.8 Å². The Morgan fingerprint density at radius 2 is 1.52 bits per heavy atom. The van der Waals surface area contributed by atoms with Crippen molar-refractivity contribution in [2.24, 2.45) is 0 Å². The minimum Gasteiger partial charge on any atom is -0.506 e. The number of hydrogen-bond acceptors (Lipinski definition) is 32. The lowest BCUT2D eigenvalue weighted by Crippen LogP contribution is -2.58. The molecule has 7 aromatic heterocycles. The van der Waals surface area contributed by atoms with Crippen LogP contribution in [-0.4, -0.2) is 227 Å². The summed E-state index contributed by atoms with van der Waals surface area (Å²) >= 11 is 4.68. The Hall–Kier alpha value is -8.87. The van der Waals surface area contributed by atoms with Crippen LogP contribution in [0.4, 0.5) is 0 Å². The number of benzene rings is 1. The molecule has 0 saturated carbocycles. The van der Waals surface area contributed by atoms with Crippen molar-refractivity contribution in [3.63, 3.8) is 0 Å². The predicted molar refractivity (Wildman–Crippen MR) is 365 cm³/mol. The van der Waals surface area contributed by atoms with Gasteiger partial charge >= 0.3 is 11.9 Å². The van der Waals surface area contributed by atoms with Gasteiger partial charge in [-0.1, -0.05) is 12.1 Å². The van der Waals surface area contributed by atoms with Crippen molar-refractivity contribution in [3.8, 4) is 38.4 Å². The van der Waals surface area contributed by atoms with Gasteiger partial charge in [-0.25, -0.2) is 39.5 Å². The number of nitrogens with zero attached hydrogens (tertiary/aromatic N) is 9. The number of aromatic nitrogens is 7. The lowest BCUT2D eigenvalue weighted by Gasteiger charge is -2.45. The molecule has 5 amide bonds. The number of rotatable bonds is 13. The number of carbonyl (C=O) groups is 7. The minimum absolute atomic E-state index is 0.00375. The standard InChI is InChI=1S/C64H68N14O19S5/c1-27(81)43-56(87)74-44(28(2)91-6)59-70-38(25-100-59)55(86)75-47-49-50(97-41-17-64(4)51(29(3)96-41)76(5)26-95-64)63(89)93-18-30-8-7-9-39-42(30)32(19-92-49)48(78(39)90)62(88)94-20-33(66-53(84)36-24-102-61(47)71-36)58-67-34(21-99-58)45-31(57-68-37(23-98-57)54(85)73-43)16-40(82)46(72-45)60-69-35(22-101-60)52(83)65-10-11-77(12-14-79)13-15-80/h7-9,16,21-25,27,29,33,41,43,47,49-51,79-82,90H,10-15,17-20,26H2,1-6H3,(H,65,83)(H,66,84)(H,73,85)(H,74,87)(H,75,86)/b44-28+. The lowest BCUT2D eigenvalue weighted by molar-refractivity contribution is -0.268. The third kappa shape index (κ3) is 14.2. The lowest BCUT2D eigenvalue weighted by atomic mass is 9.86. The Balaban J connectivity index is 0.958. The summed E-state index contributed by atoms with van der Waals surface area (Å²) in [5.74, 6) is -6.71. The number of likely N-dealkylation sites (N-methyl/N-ethyl adjacent to an activating group) is 1. The molecule has 0 spiro atoms. The van der Waals surface area contributed by atoms with E-state index in [2.05, 4.69) is 41.5 Å². The molecule has 2 saturated heterocycles. The van der Waals surface area contributed by atoms with E-state index in [1.807, 2.05) is 25.8 Å². The van der Waals surface area contributed by atoms with E-state index in [9.17, 15) is 40.0 Å². The van der Waals surface area contributed by atoms with Gasteiger partial charge in [0.25, 0.3) is 23.6 Å². The highest BCUT2D eigenvalue weighted by atomic mass is 32.1. The molecule has 2 fully saturated rings. The first-order valence-electron chi connectivity index (χ1n) is 31.9. The van der Waals surface area contributed by atoms with Gasteiger partial charge in [-0.3, -0.25) is 33.8 Å². The second kappa shape index (κ2) is 29.8. The first kappa shape index (κ1) is 71.5. The number of ether oxygens (including phenoxy) is 7. The number of aliphatic hydroxyl groups excluding tert-OH is 3. The summed E-state index contributed by atoms with van der Waals surface area (Å²) in [5, 5.41) is 75.7. The topological polar surface area (TPSA) is 434 Å². The summed E-state index contributed by atoms with van der Waals surface area (Å²) in [5.41, 5.74) is -1.61. The zero-order valence-corrected chi connectivity index (χ0v) is 59.3. The van der Waals surface area contributed by atoms with Crippen LogP contribution in [0.1, 0.15) is 125 Å². The fourth-order valence-corrected chi connectivity index (χ4v) is 17.0. The summed E-state index contributed by atoms with van der Waals surface area (Å²) < 4.78 is 45.0. The summed E-state index contributed by atoms with van der Waals surface area (Å²) in [7, 11) is 3.21. The zero-order chi connectivity index (χ0) is 72.0. The maximum atomic E-state index is 15.2. The Labute approximate surface area is 599 Å². The molecule has 12 bridgehead atoms. The third-order valence-corrected chi connectivity index (χ3v) is 22.3. The largest absolute Gasteiger partial charge is 0.506 e. The molecule has 0 aliphatic carbocycles. The molecular weight excluding hydrogens is 1430 g/mol. The molecule has 102 heavy (non-hydrogen) atoms. The normalized spacial score (nSPS) is 24.4. The van der Waals surface area contributed by atoms with E-state index >= 15 is 19.2 Å². The number of amides is 5. The quantitative estimate of drug-likeness (QED) is 0.0448. The molecule has 12 heterocycles. The number of carbonyl (C=O) groups excluding carboxylic acids is 7. The van der Waals surface area contributed by atoms with E-state index in [1.54, 1.807) is 22.4 Å². The van der Waals surface area contributed by atoms with Crippen molar-refractivity contribution in [1.29, 1.82) is 0 Å². The second-order valence-corrected chi connectivity index (χ2v) is 29.0. The number of aliphatic hydroxyl groups is 3. The Morgan fingerprint density at radius 3 is 2.27 bits per heavy atom. The van der Waals surface area contributed by atoms with Gasteiger partial charge in [0.1, 0.15) is 120 Å². The summed E-state index contributed by atoms with van der Waals surface area (Å²) in [4.78, 5) is 135. The highest BCUT2D eigenvalue weighted by Crippen LogP contribution is 2.44. The minimum atomic E-state index is -1.84. The van der Waals surface area contributed by atoms with Crippen LogP contribution in [0, 0.1) is 0 Å². The molecule has 538 valence electrons. The number of aromatic hydroxyl groups is 1. The van der Waals surface area contributed by atoms with Crippen LogP contribution in [0.3, 0.4) is 0 Å². The molecule has 1 aromatic carbocycles. The number of esters is 2. The predicted octanol–water partition coefficient (Wildman–Crippen LogP) is 3.54. The van der Waals surface area contributed by atoms with Gasteiger partial charge < -0.3 is 85.4 Å². The van der Waals surface area contributed by atoms with Crippen molar-refractivity contribution in [2.75, 3.05) is 66.9 Å². The SMILES string of the molecule is CO/C(C)=C1/NC(=O)C(C(C)O)NC(=O)c2csc(n2)-c2cc(O)c(-c3nc(C(=O)NCCN(CCO)CCO)cs3)nc2-c2csc(n2)C2COC(=O)c3c4c5c(cccc5n3O)COC(=O)C(OC3CC5(C)OCN(C)C5C(C)O3)C(OC4)C(NC(=O)c3csc1n3)c1nc(cs1)C(=O)N2. The molecule has 10 atom stereocenters. The molecule has 38 heteroatoms. The van der Waals surface area contributed by atoms with E-state index in [-0.39, 0.29) is 150 Å². The summed E-state index contributed by atoms with van der Waals surface area (Å²) in [6.45, 7) is 5.74. The van der Waals surface area contributed by atoms with Crippen molar-refractivity contribution in [1.82, 2.24) is 71.0 Å². The fourth-order valence-electron chi connectivity index (χ4n) is 12.8. The van der Waals surface area contributed by atoms with Crippen molar-refractivity contribution >= 4 is 115 Å². The van der Waals surface area contributed by atoms with E-state index in [4.69, 9.17) is 48.1 Å².